The molecule has 0 radical (unpaired) electrons. The van der Waals surface area contributed by atoms with Crippen molar-refractivity contribution in [3.8, 4) is 0 Å². The van der Waals surface area contributed by atoms with E-state index in [4.69, 9.17) is 5.11 Å². The molecule has 80 valence electrons. The van der Waals surface area contributed by atoms with Crippen LogP contribution in [0.4, 0.5) is 0 Å². The van der Waals surface area contributed by atoms with Crippen LogP contribution in [0.5, 0.6) is 0 Å². The summed E-state index contributed by atoms with van der Waals surface area (Å²) in [6.07, 6.45) is 1.92. The number of thiophene rings is 1. The molecule has 0 aliphatic rings. The molecule has 1 aromatic heterocycles. The van der Waals surface area contributed by atoms with Gasteiger partial charge in [-0.3, -0.25) is 0 Å². The number of aliphatic hydroxyl groups excluding tert-OH is 1. The summed E-state index contributed by atoms with van der Waals surface area (Å²) in [5, 5.41) is 14.4. The highest BCUT2D eigenvalue weighted by Gasteiger charge is 2.06. The Labute approximate surface area is 90.0 Å². The van der Waals surface area contributed by atoms with Crippen LogP contribution in [-0.4, -0.2) is 17.8 Å². The summed E-state index contributed by atoms with van der Waals surface area (Å²) < 4.78 is 0. The molecule has 1 atom stereocenters. The van der Waals surface area contributed by atoms with Crippen molar-refractivity contribution in [2.24, 2.45) is 0 Å². The van der Waals surface area contributed by atoms with Gasteiger partial charge in [-0.15, -0.1) is 11.3 Å². The first-order chi connectivity index (χ1) is 6.77. The number of hydrogen-bond acceptors (Lipinski definition) is 3. The minimum absolute atomic E-state index is 0.273. The molecule has 0 spiro atoms. The second-order valence-electron chi connectivity index (χ2n) is 3.53. The third-order valence-corrected chi connectivity index (χ3v) is 3.51. The van der Waals surface area contributed by atoms with Crippen LogP contribution in [0.2, 0.25) is 0 Å². The lowest BCUT2D eigenvalue weighted by molar-refractivity contribution is 0.262. The van der Waals surface area contributed by atoms with Crippen LogP contribution in [0, 0.1) is 6.92 Å². The fourth-order valence-electron chi connectivity index (χ4n) is 1.43. The summed E-state index contributed by atoms with van der Waals surface area (Å²) in [6.45, 7) is 5.49. The quantitative estimate of drug-likeness (QED) is 0.760. The molecular weight excluding hydrogens is 194 g/mol. The maximum atomic E-state index is 8.84. The van der Waals surface area contributed by atoms with Gasteiger partial charge in [-0.1, -0.05) is 6.92 Å². The van der Waals surface area contributed by atoms with Crippen molar-refractivity contribution in [3.63, 3.8) is 0 Å². The van der Waals surface area contributed by atoms with Crippen LogP contribution in [0.3, 0.4) is 0 Å². The third-order valence-electron chi connectivity index (χ3n) is 2.49. The molecule has 1 unspecified atom stereocenters. The van der Waals surface area contributed by atoms with Gasteiger partial charge in [0.15, 0.2) is 0 Å². The Hall–Kier alpha value is -0.380. The highest BCUT2D eigenvalue weighted by molar-refractivity contribution is 7.10. The SMILES string of the molecule is CCC(CCO)NCc1sccc1C. The van der Waals surface area contributed by atoms with Gasteiger partial charge in [0.05, 0.1) is 0 Å². The molecular formula is C11H19NOS. The predicted molar refractivity (Wildman–Crippen MR) is 61.7 cm³/mol. The topological polar surface area (TPSA) is 32.3 Å². The number of aliphatic hydroxyl groups is 1. The first-order valence-corrected chi connectivity index (χ1v) is 6.03. The van der Waals surface area contributed by atoms with E-state index in [9.17, 15) is 0 Å². The summed E-state index contributed by atoms with van der Waals surface area (Å²) in [5.74, 6) is 0. The lowest BCUT2D eigenvalue weighted by Crippen LogP contribution is -2.28. The van der Waals surface area contributed by atoms with Gasteiger partial charge in [0.2, 0.25) is 0 Å². The van der Waals surface area contributed by atoms with E-state index in [2.05, 4.69) is 30.6 Å². The van der Waals surface area contributed by atoms with Gasteiger partial charge >= 0.3 is 0 Å². The number of aryl methyl sites for hydroxylation is 1. The molecule has 0 saturated carbocycles. The van der Waals surface area contributed by atoms with Crippen LogP contribution in [0.1, 0.15) is 30.2 Å². The lowest BCUT2D eigenvalue weighted by atomic mass is 10.1. The van der Waals surface area contributed by atoms with Gasteiger partial charge in [0.1, 0.15) is 0 Å². The van der Waals surface area contributed by atoms with Gasteiger partial charge in [-0.2, -0.15) is 0 Å². The number of rotatable bonds is 6. The Morgan fingerprint density at radius 2 is 2.36 bits per heavy atom. The van der Waals surface area contributed by atoms with Gasteiger partial charge in [0, 0.05) is 24.1 Å². The fraction of sp³-hybridized carbons (Fsp3) is 0.636. The number of hydrogen-bond donors (Lipinski definition) is 2. The Morgan fingerprint density at radius 1 is 1.57 bits per heavy atom. The van der Waals surface area contributed by atoms with Gasteiger partial charge in [-0.25, -0.2) is 0 Å². The van der Waals surface area contributed by atoms with Crippen molar-refractivity contribution < 1.29 is 5.11 Å². The Bertz CT molecular complexity index is 260. The van der Waals surface area contributed by atoms with Crippen molar-refractivity contribution >= 4 is 11.3 Å². The van der Waals surface area contributed by atoms with Crippen LogP contribution in [-0.2, 0) is 6.54 Å². The van der Waals surface area contributed by atoms with Crippen LogP contribution < -0.4 is 5.32 Å². The lowest BCUT2D eigenvalue weighted by Gasteiger charge is -2.15. The molecule has 0 bridgehead atoms. The molecule has 1 rings (SSSR count). The van der Waals surface area contributed by atoms with Crippen LogP contribution >= 0.6 is 11.3 Å². The second kappa shape index (κ2) is 6.17. The molecule has 0 saturated heterocycles. The Morgan fingerprint density at radius 3 is 2.86 bits per heavy atom. The van der Waals surface area contributed by atoms with Crippen molar-refractivity contribution in [1.29, 1.82) is 0 Å². The van der Waals surface area contributed by atoms with Crippen LogP contribution in [0.15, 0.2) is 11.4 Å². The monoisotopic (exact) mass is 213 g/mol. The summed E-state index contributed by atoms with van der Waals surface area (Å²) in [6, 6.07) is 2.59. The highest BCUT2D eigenvalue weighted by Crippen LogP contribution is 2.15. The minimum atomic E-state index is 0.273. The van der Waals surface area contributed by atoms with E-state index in [0.717, 1.165) is 19.4 Å². The smallest absolute Gasteiger partial charge is 0.0445 e. The summed E-state index contributed by atoms with van der Waals surface area (Å²) in [4.78, 5) is 1.40. The van der Waals surface area contributed by atoms with Crippen LogP contribution in [0.25, 0.3) is 0 Å². The first-order valence-electron chi connectivity index (χ1n) is 5.15. The van der Waals surface area contributed by atoms with Crippen molar-refractivity contribution in [2.45, 2.75) is 39.3 Å². The van der Waals surface area contributed by atoms with E-state index >= 15 is 0 Å². The maximum absolute atomic E-state index is 8.84. The molecule has 2 nitrogen and oxygen atoms in total. The average Bonchev–Trinajstić information content (AvgIpc) is 2.59. The maximum Gasteiger partial charge on any atom is 0.0445 e. The van der Waals surface area contributed by atoms with E-state index in [-0.39, 0.29) is 6.61 Å². The zero-order valence-corrected chi connectivity index (χ0v) is 9.73. The molecule has 1 aromatic rings. The van der Waals surface area contributed by atoms with Crippen molar-refractivity contribution in [1.82, 2.24) is 5.32 Å². The van der Waals surface area contributed by atoms with E-state index in [1.165, 1.54) is 10.4 Å². The second-order valence-corrected chi connectivity index (χ2v) is 4.53. The molecule has 0 amide bonds. The van der Waals surface area contributed by atoms with Gasteiger partial charge < -0.3 is 10.4 Å². The molecule has 1 heterocycles. The molecule has 2 N–H and O–H groups in total. The zero-order valence-electron chi connectivity index (χ0n) is 8.92. The zero-order chi connectivity index (χ0) is 10.4. The standard InChI is InChI=1S/C11H19NOS/c1-3-10(4-6-13)12-8-11-9(2)5-7-14-11/h5,7,10,12-13H,3-4,6,8H2,1-2H3. The average molecular weight is 213 g/mol. The summed E-state index contributed by atoms with van der Waals surface area (Å²) >= 11 is 1.80. The number of nitrogens with one attached hydrogen (secondary N) is 1. The minimum Gasteiger partial charge on any atom is -0.396 e. The van der Waals surface area contributed by atoms with Gasteiger partial charge in [0.25, 0.3) is 0 Å². The fourth-order valence-corrected chi connectivity index (χ4v) is 2.29. The molecule has 0 aliphatic heterocycles. The molecule has 14 heavy (non-hydrogen) atoms. The molecule has 0 fully saturated rings. The normalized spacial score (nSPS) is 13.1. The largest absolute Gasteiger partial charge is 0.396 e. The van der Waals surface area contributed by atoms with E-state index in [1.807, 2.05) is 0 Å². The summed E-state index contributed by atoms with van der Waals surface area (Å²) in [5.41, 5.74) is 1.36. The van der Waals surface area contributed by atoms with E-state index < -0.39 is 0 Å². The van der Waals surface area contributed by atoms with Crippen molar-refractivity contribution in [2.75, 3.05) is 6.61 Å². The Kier molecular flexibility index (Phi) is 5.15. The molecule has 0 aromatic carbocycles. The van der Waals surface area contributed by atoms with E-state index in [0.29, 0.717) is 6.04 Å². The molecule has 3 heteroatoms. The van der Waals surface area contributed by atoms with Crippen molar-refractivity contribution in [3.05, 3.63) is 21.9 Å². The molecule has 0 aliphatic carbocycles. The van der Waals surface area contributed by atoms with E-state index in [1.54, 1.807) is 11.3 Å². The first kappa shape index (κ1) is 11.7. The summed E-state index contributed by atoms with van der Waals surface area (Å²) in [7, 11) is 0. The van der Waals surface area contributed by atoms with Gasteiger partial charge in [-0.05, 0) is 36.8 Å². The Balaban J connectivity index is 2.35. The highest BCUT2D eigenvalue weighted by atomic mass is 32.1. The third kappa shape index (κ3) is 3.40. The predicted octanol–water partition coefficient (Wildman–Crippen LogP) is 2.31.